The Morgan fingerprint density at radius 3 is 2.69 bits per heavy atom. The third-order valence-electron chi connectivity index (χ3n) is 2.13. The molecule has 1 aromatic carbocycles. The molecule has 0 aliphatic rings. The Kier molecular flexibility index (Phi) is 5.96. The Labute approximate surface area is 100 Å². The number of nitrogens with zero attached hydrogens (tertiary/aromatic N) is 1. The lowest BCUT2D eigenvalue weighted by Gasteiger charge is -2.13. The van der Waals surface area contributed by atoms with Crippen molar-refractivity contribution in [3.63, 3.8) is 0 Å². The van der Waals surface area contributed by atoms with Gasteiger partial charge in [0.15, 0.2) is 0 Å². The summed E-state index contributed by atoms with van der Waals surface area (Å²) in [5.74, 6) is 1.18. The van der Waals surface area contributed by atoms with Crippen molar-refractivity contribution in [2.24, 2.45) is 0 Å². The fourth-order valence-electron chi connectivity index (χ4n) is 1.29. The van der Waals surface area contributed by atoms with E-state index in [9.17, 15) is 4.79 Å². The van der Waals surface area contributed by atoms with E-state index in [2.05, 4.69) is 12.1 Å². The Morgan fingerprint density at radius 2 is 2.06 bits per heavy atom. The van der Waals surface area contributed by atoms with Crippen LogP contribution in [0.4, 0.5) is 0 Å². The van der Waals surface area contributed by atoms with E-state index >= 15 is 0 Å². The van der Waals surface area contributed by atoms with Gasteiger partial charge in [0, 0.05) is 18.1 Å². The van der Waals surface area contributed by atoms with E-state index in [-0.39, 0.29) is 6.54 Å². The van der Waals surface area contributed by atoms with E-state index in [1.165, 1.54) is 5.56 Å². The molecule has 1 rings (SSSR count). The molecule has 0 unspecified atom stereocenters. The average Bonchev–Trinajstić information content (AvgIpc) is 2.25. The van der Waals surface area contributed by atoms with Crippen molar-refractivity contribution in [2.75, 3.05) is 25.9 Å². The third-order valence-corrected chi connectivity index (χ3v) is 3.14. The Hall–Kier alpha value is -1.00. The topological polar surface area (TPSA) is 40.5 Å². The highest BCUT2D eigenvalue weighted by atomic mass is 32.2. The molecule has 1 aromatic rings. The second-order valence-corrected chi connectivity index (χ2v) is 4.77. The predicted molar refractivity (Wildman–Crippen MR) is 67.7 cm³/mol. The van der Waals surface area contributed by atoms with Crippen LogP contribution in [0.5, 0.6) is 0 Å². The number of likely N-dealkylation sites (N-methyl/N-ethyl adjacent to an activating group) is 1. The molecule has 0 radical (unpaired) electrons. The number of carboxylic acid groups (broad SMARTS) is 1. The van der Waals surface area contributed by atoms with Crippen molar-refractivity contribution in [3.8, 4) is 0 Å². The molecular weight excluding hydrogens is 222 g/mol. The number of rotatable bonds is 7. The second-order valence-electron chi connectivity index (χ2n) is 3.67. The minimum absolute atomic E-state index is 0.117. The molecule has 0 fully saturated rings. The molecule has 16 heavy (non-hydrogen) atoms. The van der Waals surface area contributed by atoms with Crippen LogP contribution < -0.4 is 0 Å². The van der Waals surface area contributed by atoms with Gasteiger partial charge >= 0.3 is 5.97 Å². The summed E-state index contributed by atoms with van der Waals surface area (Å²) in [5.41, 5.74) is 1.31. The zero-order valence-electron chi connectivity index (χ0n) is 9.43. The minimum Gasteiger partial charge on any atom is -0.480 e. The second kappa shape index (κ2) is 7.30. The number of hydrogen-bond donors (Lipinski definition) is 1. The van der Waals surface area contributed by atoms with Crippen LogP contribution in [0.25, 0.3) is 0 Å². The monoisotopic (exact) mass is 239 g/mol. The van der Waals surface area contributed by atoms with Gasteiger partial charge in [-0.25, -0.2) is 0 Å². The van der Waals surface area contributed by atoms with Gasteiger partial charge in [0.2, 0.25) is 0 Å². The van der Waals surface area contributed by atoms with Crippen LogP contribution in [-0.2, 0) is 10.5 Å². The number of benzene rings is 1. The molecule has 0 saturated carbocycles. The van der Waals surface area contributed by atoms with Crippen LogP contribution in [0.3, 0.4) is 0 Å². The van der Waals surface area contributed by atoms with Crippen LogP contribution >= 0.6 is 11.8 Å². The van der Waals surface area contributed by atoms with Crippen LogP contribution in [0.1, 0.15) is 5.56 Å². The average molecular weight is 239 g/mol. The van der Waals surface area contributed by atoms with E-state index in [0.717, 1.165) is 18.1 Å². The number of carboxylic acids is 1. The molecule has 0 saturated heterocycles. The van der Waals surface area contributed by atoms with Crippen molar-refractivity contribution in [1.82, 2.24) is 4.90 Å². The maximum absolute atomic E-state index is 10.4. The molecule has 88 valence electrons. The maximum atomic E-state index is 10.4. The first-order valence-electron chi connectivity index (χ1n) is 5.20. The largest absolute Gasteiger partial charge is 0.480 e. The first kappa shape index (κ1) is 13.1. The fourth-order valence-corrected chi connectivity index (χ4v) is 2.31. The van der Waals surface area contributed by atoms with Gasteiger partial charge in [-0.2, -0.15) is 11.8 Å². The van der Waals surface area contributed by atoms with Gasteiger partial charge in [-0.05, 0) is 12.6 Å². The zero-order chi connectivity index (χ0) is 11.8. The van der Waals surface area contributed by atoms with Gasteiger partial charge in [-0.1, -0.05) is 30.3 Å². The predicted octanol–water partition coefficient (Wildman–Crippen LogP) is 1.94. The normalized spacial score (nSPS) is 10.6. The highest BCUT2D eigenvalue weighted by Crippen LogP contribution is 2.11. The van der Waals surface area contributed by atoms with Crippen molar-refractivity contribution < 1.29 is 9.90 Å². The van der Waals surface area contributed by atoms with Crippen LogP contribution in [0, 0.1) is 0 Å². The molecule has 0 spiro atoms. The number of carbonyl (C=O) groups is 1. The summed E-state index contributed by atoms with van der Waals surface area (Å²) in [6.07, 6.45) is 0. The summed E-state index contributed by atoms with van der Waals surface area (Å²) in [5, 5.41) is 8.57. The Morgan fingerprint density at radius 1 is 1.38 bits per heavy atom. The minimum atomic E-state index is -0.768. The van der Waals surface area contributed by atoms with E-state index in [4.69, 9.17) is 5.11 Å². The van der Waals surface area contributed by atoms with Crippen molar-refractivity contribution >= 4 is 17.7 Å². The SMILES string of the molecule is CN(CCSCc1ccccc1)CC(=O)O. The molecule has 3 nitrogen and oxygen atoms in total. The highest BCUT2D eigenvalue weighted by molar-refractivity contribution is 7.98. The Bertz CT molecular complexity index is 316. The number of thioether (sulfide) groups is 1. The van der Waals surface area contributed by atoms with Gasteiger partial charge < -0.3 is 5.11 Å². The molecule has 0 bridgehead atoms. The molecule has 0 amide bonds. The van der Waals surface area contributed by atoms with Crippen molar-refractivity contribution in [2.45, 2.75) is 5.75 Å². The van der Waals surface area contributed by atoms with Gasteiger partial charge in [0.1, 0.15) is 0 Å². The summed E-state index contributed by atoms with van der Waals surface area (Å²) in [4.78, 5) is 12.2. The Balaban J connectivity index is 2.10. The first-order valence-corrected chi connectivity index (χ1v) is 6.36. The summed E-state index contributed by atoms with van der Waals surface area (Å²) >= 11 is 1.83. The van der Waals surface area contributed by atoms with E-state index < -0.39 is 5.97 Å². The first-order chi connectivity index (χ1) is 7.68. The number of aliphatic carboxylic acids is 1. The van der Waals surface area contributed by atoms with E-state index in [0.29, 0.717) is 0 Å². The summed E-state index contributed by atoms with van der Waals surface area (Å²) in [6, 6.07) is 10.3. The highest BCUT2D eigenvalue weighted by Gasteiger charge is 2.03. The van der Waals surface area contributed by atoms with Crippen molar-refractivity contribution in [3.05, 3.63) is 35.9 Å². The molecule has 0 aliphatic heterocycles. The molecule has 1 N–H and O–H groups in total. The smallest absolute Gasteiger partial charge is 0.317 e. The van der Waals surface area contributed by atoms with Gasteiger partial charge in [0.05, 0.1) is 6.54 Å². The third kappa shape index (κ3) is 5.78. The zero-order valence-corrected chi connectivity index (χ0v) is 10.2. The molecule has 0 atom stereocenters. The standard InChI is InChI=1S/C12H17NO2S/c1-13(9-12(14)15)7-8-16-10-11-5-3-2-4-6-11/h2-6H,7-10H2,1H3,(H,14,15). The molecule has 0 aromatic heterocycles. The van der Waals surface area contributed by atoms with Crippen LogP contribution in [0.2, 0.25) is 0 Å². The van der Waals surface area contributed by atoms with Gasteiger partial charge in [0.25, 0.3) is 0 Å². The van der Waals surface area contributed by atoms with Crippen molar-refractivity contribution in [1.29, 1.82) is 0 Å². The molecule has 0 aliphatic carbocycles. The van der Waals surface area contributed by atoms with Crippen LogP contribution in [-0.4, -0.2) is 41.9 Å². The lowest BCUT2D eigenvalue weighted by atomic mass is 10.2. The lowest BCUT2D eigenvalue weighted by Crippen LogP contribution is -2.27. The molecule has 0 heterocycles. The summed E-state index contributed by atoms with van der Waals surface area (Å²) < 4.78 is 0. The maximum Gasteiger partial charge on any atom is 0.317 e. The van der Waals surface area contributed by atoms with E-state index in [1.54, 1.807) is 0 Å². The quantitative estimate of drug-likeness (QED) is 0.738. The van der Waals surface area contributed by atoms with Crippen LogP contribution in [0.15, 0.2) is 30.3 Å². The lowest BCUT2D eigenvalue weighted by molar-refractivity contribution is -0.137. The van der Waals surface area contributed by atoms with E-state index in [1.807, 2.05) is 41.9 Å². The summed E-state index contributed by atoms with van der Waals surface area (Å²) in [7, 11) is 1.83. The molecular formula is C12H17NO2S. The summed E-state index contributed by atoms with van der Waals surface area (Å²) in [6.45, 7) is 0.926. The fraction of sp³-hybridized carbons (Fsp3) is 0.417. The number of hydrogen-bond acceptors (Lipinski definition) is 3. The van der Waals surface area contributed by atoms with Gasteiger partial charge in [-0.15, -0.1) is 0 Å². The molecule has 4 heteroatoms. The van der Waals surface area contributed by atoms with Gasteiger partial charge in [-0.3, -0.25) is 9.69 Å².